The van der Waals surface area contributed by atoms with Crippen molar-refractivity contribution in [1.82, 2.24) is 10.6 Å². The standard InChI is InChI=1S/C22H24N2O5/c1-3-28-19-11-9-18(10-12-19)21(26)24-20(15-17-7-5-4-6-8-17)22(27)23-13-14-29-16(2)25/h4-12,15H,3,13-14H2,1-2H3,(H,23,27)(H,24,26). The fraction of sp³-hybridized carbons (Fsp3) is 0.227. The minimum Gasteiger partial charge on any atom is -0.494 e. The zero-order valence-corrected chi connectivity index (χ0v) is 16.4. The number of hydrogen-bond donors (Lipinski definition) is 2. The first kappa shape index (κ1) is 21.7. The molecule has 0 saturated carbocycles. The average molecular weight is 396 g/mol. The molecule has 0 atom stereocenters. The summed E-state index contributed by atoms with van der Waals surface area (Å²) in [6, 6.07) is 15.8. The second-order valence-electron chi connectivity index (χ2n) is 5.98. The molecule has 2 aromatic carbocycles. The summed E-state index contributed by atoms with van der Waals surface area (Å²) in [5, 5.41) is 5.27. The Hall–Kier alpha value is -3.61. The number of rotatable bonds is 9. The van der Waals surface area contributed by atoms with Crippen LogP contribution in [0.4, 0.5) is 0 Å². The van der Waals surface area contributed by atoms with Crippen molar-refractivity contribution in [1.29, 1.82) is 0 Å². The Morgan fingerprint density at radius 2 is 1.69 bits per heavy atom. The molecule has 152 valence electrons. The Morgan fingerprint density at radius 1 is 1.00 bits per heavy atom. The molecule has 0 saturated heterocycles. The molecule has 7 nitrogen and oxygen atoms in total. The van der Waals surface area contributed by atoms with Crippen molar-refractivity contribution in [3.8, 4) is 5.75 Å². The van der Waals surface area contributed by atoms with Crippen LogP contribution in [0.15, 0.2) is 60.3 Å². The van der Waals surface area contributed by atoms with Gasteiger partial charge in [-0.05, 0) is 42.8 Å². The molecular formula is C22H24N2O5. The molecule has 0 unspecified atom stereocenters. The van der Waals surface area contributed by atoms with Gasteiger partial charge in [0.1, 0.15) is 18.1 Å². The van der Waals surface area contributed by atoms with E-state index in [9.17, 15) is 14.4 Å². The van der Waals surface area contributed by atoms with Crippen LogP contribution < -0.4 is 15.4 Å². The van der Waals surface area contributed by atoms with E-state index in [1.807, 2.05) is 37.3 Å². The van der Waals surface area contributed by atoms with Gasteiger partial charge in [0.2, 0.25) is 0 Å². The van der Waals surface area contributed by atoms with Crippen molar-refractivity contribution < 1.29 is 23.9 Å². The molecule has 2 rings (SSSR count). The lowest BCUT2D eigenvalue weighted by molar-refractivity contribution is -0.141. The van der Waals surface area contributed by atoms with Gasteiger partial charge in [0.05, 0.1) is 13.2 Å². The zero-order valence-electron chi connectivity index (χ0n) is 16.4. The maximum atomic E-state index is 12.6. The van der Waals surface area contributed by atoms with Crippen LogP contribution >= 0.6 is 0 Å². The topological polar surface area (TPSA) is 93.7 Å². The number of benzene rings is 2. The average Bonchev–Trinajstić information content (AvgIpc) is 2.72. The summed E-state index contributed by atoms with van der Waals surface area (Å²) in [5.74, 6) is -0.680. The van der Waals surface area contributed by atoms with E-state index in [2.05, 4.69) is 10.6 Å². The van der Waals surface area contributed by atoms with Crippen molar-refractivity contribution in [3.05, 3.63) is 71.4 Å². The van der Waals surface area contributed by atoms with Crippen molar-refractivity contribution in [2.75, 3.05) is 19.8 Å². The highest BCUT2D eigenvalue weighted by molar-refractivity contribution is 6.05. The highest BCUT2D eigenvalue weighted by Crippen LogP contribution is 2.13. The first-order valence-electron chi connectivity index (χ1n) is 9.22. The van der Waals surface area contributed by atoms with Gasteiger partial charge in [-0.15, -0.1) is 0 Å². The van der Waals surface area contributed by atoms with Gasteiger partial charge in [0.25, 0.3) is 11.8 Å². The molecule has 0 fully saturated rings. The smallest absolute Gasteiger partial charge is 0.302 e. The van der Waals surface area contributed by atoms with E-state index in [4.69, 9.17) is 9.47 Å². The summed E-state index contributed by atoms with van der Waals surface area (Å²) in [6.45, 7) is 3.87. The van der Waals surface area contributed by atoms with E-state index >= 15 is 0 Å². The zero-order chi connectivity index (χ0) is 21.1. The Bertz CT molecular complexity index is 861. The molecule has 7 heteroatoms. The molecular weight excluding hydrogens is 372 g/mol. The van der Waals surface area contributed by atoms with Crippen LogP contribution in [0.25, 0.3) is 6.08 Å². The van der Waals surface area contributed by atoms with Crippen LogP contribution in [-0.2, 0) is 14.3 Å². The fourth-order valence-corrected chi connectivity index (χ4v) is 2.39. The Labute approximate surface area is 169 Å². The number of carbonyl (C=O) groups excluding carboxylic acids is 3. The number of hydrogen-bond acceptors (Lipinski definition) is 5. The lowest BCUT2D eigenvalue weighted by atomic mass is 10.1. The van der Waals surface area contributed by atoms with E-state index in [0.717, 1.165) is 5.56 Å². The second kappa shape index (κ2) is 11.3. The molecule has 0 heterocycles. The first-order chi connectivity index (χ1) is 14.0. The van der Waals surface area contributed by atoms with Gasteiger partial charge in [-0.25, -0.2) is 0 Å². The van der Waals surface area contributed by atoms with Crippen molar-refractivity contribution >= 4 is 23.9 Å². The molecule has 2 amide bonds. The number of esters is 1. The maximum absolute atomic E-state index is 12.6. The van der Waals surface area contributed by atoms with Crippen molar-refractivity contribution in [3.63, 3.8) is 0 Å². The molecule has 0 aliphatic rings. The van der Waals surface area contributed by atoms with Gasteiger partial charge in [-0.2, -0.15) is 0 Å². The maximum Gasteiger partial charge on any atom is 0.302 e. The molecule has 0 aromatic heterocycles. The Balaban J connectivity index is 2.12. The lowest BCUT2D eigenvalue weighted by Crippen LogP contribution is -2.36. The predicted octanol–water partition coefficient (Wildman–Crippen LogP) is 2.54. The van der Waals surface area contributed by atoms with Gasteiger partial charge in [-0.1, -0.05) is 30.3 Å². The third-order valence-corrected chi connectivity index (χ3v) is 3.72. The van der Waals surface area contributed by atoms with Crippen LogP contribution in [0, 0.1) is 0 Å². The molecule has 0 radical (unpaired) electrons. The van der Waals surface area contributed by atoms with Gasteiger partial charge >= 0.3 is 5.97 Å². The van der Waals surface area contributed by atoms with Crippen molar-refractivity contribution in [2.24, 2.45) is 0 Å². The summed E-state index contributed by atoms with van der Waals surface area (Å²) in [4.78, 5) is 36.0. The van der Waals surface area contributed by atoms with Gasteiger partial charge in [0.15, 0.2) is 0 Å². The summed E-state index contributed by atoms with van der Waals surface area (Å²) >= 11 is 0. The minimum absolute atomic E-state index is 0.0481. The van der Waals surface area contributed by atoms with Crippen LogP contribution in [0.5, 0.6) is 5.75 Å². The monoisotopic (exact) mass is 396 g/mol. The molecule has 0 spiro atoms. The van der Waals surface area contributed by atoms with E-state index in [-0.39, 0.29) is 18.8 Å². The number of amides is 2. The highest BCUT2D eigenvalue weighted by Gasteiger charge is 2.14. The van der Waals surface area contributed by atoms with Crippen LogP contribution in [-0.4, -0.2) is 37.5 Å². The third-order valence-electron chi connectivity index (χ3n) is 3.72. The molecule has 0 bridgehead atoms. The minimum atomic E-state index is -0.486. The van der Waals surface area contributed by atoms with E-state index in [1.165, 1.54) is 6.92 Å². The molecule has 0 aliphatic carbocycles. The second-order valence-corrected chi connectivity index (χ2v) is 5.98. The number of ether oxygens (including phenoxy) is 2. The van der Waals surface area contributed by atoms with Crippen molar-refractivity contribution in [2.45, 2.75) is 13.8 Å². The Morgan fingerprint density at radius 3 is 2.31 bits per heavy atom. The highest BCUT2D eigenvalue weighted by atomic mass is 16.5. The van der Waals surface area contributed by atoms with Gasteiger partial charge in [-0.3, -0.25) is 14.4 Å². The fourth-order valence-electron chi connectivity index (χ4n) is 2.39. The van der Waals surface area contributed by atoms with E-state index in [1.54, 1.807) is 30.3 Å². The predicted molar refractivity (Wildman–Crippen MR) is 109 cm³/mol. The number of nitrogens with one attached hydrogen (secondary N) is 2. The Kier molecular flexibility index (Phi) is 8.44. The quantitative estimate of drug-likeness (QED) is 0.386. The van der Waals surface area contributed by atoms with E-state index < -0.39 is 17.8 Å². The van der Waals surface area contributed by atoms with Crippen LogP contribution in [0.1, 0.15) is 29.8 Å². The van der Waals surface area contributed by atoms with E-state index in [0.29, 0.717) is 17.9 Å². The van der Waals surface area contributed by atoms with Gasteiger partial charge in [0, 0.05) is 12.5 Å². The summed E-state index contributed by atoms with van der Waals surface area (Å²) in [7, 11) is 0. The molecule has 2 N–H and O–H groups in total. The normalized spacial score (nSPS) is 10.8. The SMILES string of the molecule is CCOc1ccc(C(=O)NC(=Cc2ccccc2)C(=O)NCCOC(C)=O)cc1. The molecule has 2 aromatic rings. The summed E-state index contributed by atoms with van der Waals surface area (Å²) in [6.07, 6.45) is 1.58. The van der Waals surface area contributed by atoms with Crippen LogP contribution in [0.3, 0.4) is 0 Å². The van der Waals surface area contributed by atoms with Gasteiger partial charge < -0.3 is 20.1 Å². The first-order valence-corrected chi connectivity index (χ1v) is 9.22. The van der Waals surface area contributed by atoms with Crippen LogP contribution in [0.2, 0.25) is 0 Å². The largest absolute Gasteiger partial charge is 0.494 e. The number of carbonyl (C=O) groups is 3. The summed E-state index contributed by atoms with van der Waals surface area (Å²) < 4.78 is 10.2. The molecule has 0 aliphatic heterocycles. The third kappa shape index (κ3) is 7.50. The molecule has 29 heavy (non-hydrogen) atoms. The summed E-state index contributed by atoms with van der Waals surface area (Å²) in [5.41, 5.74) is 1.22. The lowest BCUT2D eigenvalue weighted by Gasteiger charge is -2.12.